The quantitative estimate of drug-likeness (QED) is 0.875. The standard InChI is InChI=1S/C15H14ClFN4O4/c16-11-5-9(17)1-2-10(11)13-7-20(3-4-25-13)14(22)8-21-6-12(15(23)24)18-19-21/h1-2,5-6,13H,3-4,7-8H2,(H,23,24). The molecule has 1 amide bonds. The highest BCUT2D eigenvalue weighted by molar-refractivity contribution is 6.31. The van der Waals surface area contributed by atoms with E-state index in [1.54, 1.807) is 4.90 Å². The van der Waals surface area contributed by atoms with Gasteiger partial charge in [-0.25, -0.2) is 13.9 Å². The van der Waals surface area contributed by atoms with Crippen LogP contribution in [0, 0.1) is 5.82 Å². The summed E-state index contributed by atoms with van der Waals surface area (Å²) in [7, 11) is 0. The zero-order chi connectivity index (χ0) is 18.0. The van der Waals surface area contributed by atoms with Crippen molar-refractivity contribution in [2.45, 2.75) is 12.6 Å². The lowest BCUT2D eigenvalue weighted by molar-refractivity contribution is -0.139. The van der Waals surface area contributed by atoms with Gasteiger partial charge >= 0.3 is 5.97 Å². The number of carboxylic acids is 1. The van der Waals surface area contributed by atoms with Crippen LogP contribution in [0.15, 0.2) is 24.4 Å². The van der Waals surface area contributed by atoms with Crippen molar-refractivity contribution in [2.75, 3.05) is 19.7 Å². The molecular formula is C15H14ClFN4O4. The van der Waals surface area contributed by atoms with Crippen molar-refractivity contribution >= 4 is 23.5 Å². The molecule has 1 N–H and O–H groups in total. The summed E-state index contributed by atoms with van der Waals surface area (Å²) < 4.78 is 20.0. The zero-order valence-electron chi connectivity index (χ0n) is 12.9. The van der Waals surface area contributed by atoms with Crippen molar-refractivity contribution in [3.8, 4) is 0 Å². The lowest BCUT2D eigenvalue weighted by Crippen LogP contribution is -2.43. The van der Waals surface area contributed by atoms with Gasteiger partial charge in [-0.05, 0) is 12.1 Å². The fourth-order valence-corrected chi connectivity index (χ4v) is 2.83. The van der Waals surface area contributed by atoms with Crippen LogP contribution in [0.1, 0.15) is 22.2 Å². The number of hydrogen-bond acceptors (Lipinski definition) is 5. The van der Waals surface area contributed by atoms with Crippen LogP contribution < -0.4 is 0 Å². The molecule has 0 spiro atoms. The number of carbonyl (C=O) groups excluding carboxylic acids is 1. The molecule has 1 fully saturated rings. The summed E-state index contributed by atoms with van der Waals surface area (Å²) >= 11 is 6.05. The van der Waals surface area contributed by atoms with E-state index < -0.39 is 17.9 Å². The predicted octanol–water partition coefficient (Wildman–Crippen LogP) is 1.37. The van der Waals surface area contributed by atoms with Gasteiger partial charge in [-0.1, -0.05) is 22.9 Å². The number of hydrogen-bond donors (Lipinski definition) is 1. The third-order valence-electron chi connectivity index (χ3n) is 3.78. The van der Waals surface area contributed by atoms with Crippen molar-refractivity contribution in [3.63, 3.8) is 0 Å². The minimum absolute atomic E-state index is 0.135. The van der Waals surface area contributed by atoms with Crippen molar-refractivity contribution in [2.24, 2.45) is 0 Å². The molecule has 2 heterocycles. The van der Waals surface area contributed by atoms with Gasteiger partial charge in [-0.15, -0.1) is 5.10 Å². The van der Waals surface area contributed by atoms with Crippen molar-refractivity contribution in [3.05, 3.63) is 46.5 Å². The summed E-state index contributed by atoms with van der Waals surface area (Å²) in [6.45, 7) is 0.811. The molecule has 1 aliphatic rings. The maximum Gasteiger partial charge on any atom is 0.358 e. The number of carboxylic acid groups (broad SMARTS) is 1. The van der Waals surface area contributed by atoms with Gasteiger partial charge < -0.3 is 14.7 Å². The molecule has 1 aromatic carbocycles. The number of benzene rings is 1. The number of rotatable bonds is 4. The monoisotopic (exact) mass is 368 g/mol. The summed E-state index contributed by atoms with van der Waals surface area (Å²) in [5.74, 6) is -1.91. The summed E-state index contributed by atoms with van der Waals surface area (Å²) in [5.41, 5.74) is 0.375. The van der Waals surface area contributed by atoms with Gasteiger partial charge in [0.1, 0.15) is 18.5 Å². The minimum Gasteiger partial charge on any atom is -0.476 e. The largest absolute Gasteiger partial charge is 0.476 e. The lowest BCUT2D eigenvalue weighted by Gasteiger charge is -2.33. The Morgan fingerprint density at radius 2 is 2.24 bits per heavy atom. The molecule has 1 aromatic heterocycles. The average molecular weight is 369 g/mol. The molecular weight excluding hydrogens is 355 g/mol. The third-order valence-corrected chi connectivity index (χ3v) is 4.11. The maximum absolute atomic E-state index is 13.2. The van der Waals surface area contributed by atoms with E-state index in [4.69, 9.17) is 21.4 Å². The highest BCUT2D eigenvalue weighted by Crippen LogP contribution is 2.29. The van der Waals surface area contributed by atoms with Gasteiger partial charge in [-0.2, -0.15) is 0 Å². The Labute approximate surface area is 146 Å². The van der Waals surface area contributed by atoms with E-state index in [0.717, 1.165) is 0 Å². The van der Waals surface area contributed by atoms with E-state index in [0.29, 0.717) is 18.7 Å². The van der Waals surface area contributed by atoms with Crippen LogP contribution in [0.3, 0.4) is 0 Å². The number of aromatic carboxylic acids is 1. The number of carbonyl (C=O) groups is 2. The van der Waals surface area contributed by atoms with Crippen molar-refractivity contribution in [1.29, 1.82) is 0 Å². The van der Waals surface area contributed by atoms with Gasteiger partial charge in [0.05, 0.1) is 19.3 Å². The van der Waals surface area contributed by atoms with E-state index >= 15 is 0 Å². The number of nitrogens with zero attached hydrogens (tertiary/aromatic N) is 4. The number of ether oxygens (including phenoxy) is 1. The molecule has 25 heavy (non-hydrogen) atoms. The molecule has 1 aliphatic heterocycles. The van der Waals surface area contributed by atoms with Crippen molar-refractivity contribution < 1.29 is 23.8 Å². The lowest BCUT2D eigenvalue weighted by atomic mass is 10.1. The SMILES string of the molecule is O=C(O)c1cn(CC(=O)N2CCOC(c3ccc(F)cc3Cl)C2)nn1. The second-order valence-electron chi connectivity index (χ2n) is 5.47. The maximum atomic E-state index is 13.2. The molecule has 3 rings (SSSR count). The van der Waals surface area contributed by atoms with Crippen molar-refractivity contribution in [1.82, 2.24) is 19.9 Å². The Kier molecular flexibility index (Phi) is 4.95. The Bertz CT molecular complexity index is 813. The second kappa shape index (κ2) is 7.16. The van der Waals surface area contributed by atoms with Crippen LogP contribution in [0.4, 0.5) is 4.39 Å². The normalized spacial score (nSPS) is 17.5. The first-order chi connectivity index (χ1) is 11.9. The van der Waals surface area contributed by atoms with Crippen LogP contribution in [0.5, 0.6) is 0 Å². The van der Waals surface area contributed by atoms with E-state index in [1.807, 2.05) is 0 Å². The van der Waals surface area contributed by atoms with E-state index in [1.165, 1.54) is 29.1 Å². The van der Waals surface area contributed by atoms with E-state index in [-0.39, 0.29) is 29.7 Å². The Hall–Kier alpha value is -2.52. The fraction of sp³-hybridized carbons (Fsp3) is 0.333. The molecule has 132 valence electrons. The molecule has 1 unspecified atom stereocenters. The second-order valence-corrected chi connectivity index (χ2v) is 5.88. The van der Waals surface area contributed by atoms with Gasteiger partial charge in [0.25, 0.3) is 0 Å². The average Bonchev–Trinajstić information content (AvgIpc) is 3.04. The third kappa shape index (κ3) is 3.94. The molecule has 2 aromatic rings. The molecule has 0 bridgehead atoms. The first kappa shape index (κ1) is 17.3. The number of morpholine rings is 1. The highest BCUT2D eigenvalue weighted by atomic mass is 35.5. The molecule has 10 heteroatoms. The highest BCUT2D eigenvalue weighted by Gasteiger charge is 2.27. The number of amides is 1. The van der Waals surface area contributed by atoms with Crippen LogP contribution in [-0.2, 0) is 16.1 Å². The topological polar surface area (TPSA) is 97.5 Å². The fourth-order valence-electron chi connectivity index (χ4n) is 2.54. The molecule has 8 nitrogen and oxygen atoms in total. The summed E-state index contributed by atoms with van der Waals surface area (Å²) in [6, 6.07) is 4.02. The van der Waals surface area contributed by atoms with Gasteiger partial charge in [0, 0.05) is 17.1 Å². The van der Waals surface area contributed by atoms with E-state index in [2.05, 4.69) is 10.3 Å². The number of halogens is 2. The Morgan fingerprint density at radius 1 is 1.44 bits per heavy atom. The van der Waals surface area contributed by atoms with Crippen LogP contribution in [0.2, 0.25) is 5.02 Å². The van der Waals surface area contributed by atoms with Gasteiger partial charge in [0.2, 0.25) is 5.91 Å². The van der Waals surface area contributed by atoms with Crippen LogP contribution >= 0.6 is 11.6 Å². The summed E-state index contributed by atoms with van der Waals surface area (Å²) in [6.07, 6.45) is 0.728. The number of aromatic nitrogens is 3. The molecule has 1 saturated heterocycles. The van der Waals surface area contributed by atoms with Crippen LogP contribution in [0.25, 0.3) is 0 Å². The molecule has 0 saturated carbocycles. The molecule has 0 aliphatic carbocycles. The molecule has 1 atom stereocenters. The Morgan fingerprint density at radius 3 is 2.92 bits per heavy atom. The smallest absolute Gasteiger partial charge is 0.358 e. The summed E-state index contributed by atoms with van der Waals surface area (Å²) in [4.78, 5) is 24.8. The Balaban J connectivity index is 1.67. The zero-order valence-corrected chi connectivity index (χ0v) is 13.7. The van der Waals surface area contributed by atoms with Gasteiger partial charge in [-0.3, -0.25) is 4.79 Å². The molecule has 0 radical (unpaired) electrons. The summed E-state index contributed by atoms with van der Waals surface area (Å²) in [5, 5.41) is 16.1. The first-order valence-corrected chi connectivity index (χ1v) is 7.79. The van der Waals surface area contributed by atoms with Gasteiger partial charge in [0.15, 0.2) is 5.69 Å². The minimum atomic E-state index is -1.21. The first-order valence-electron chi connectivity index (χ1n) is 7.42. The van der Waals surface area contributed by atoms with Crippen LogP contribution in [-0.4, -0.2) is 56.6 Å². The predicted molar refractivity (Wildman–Crippen MR) is 83.7 cm³/mol. The van der Waals surface area contributed by atoms with E-state index in [9.17, 15) is 14.0 Å².